The van der Waals surface area contributed by atoms with E-state index in [2.05, 4.69) is 15.9 Å². The van der Waals surface area contributed by atoms with Crippen molar-refractivity contribution in [2.45, 2.75) is 38.2 Å². The van der Waals surface area contributed by atoms with Crippen molar-refractivity contribution in [2.75, 3.05) is 26.2 Å². The molecule has 2 rings (SSSR count). The van der Waals surface area contributed by atoms with Crippen molar-refractivity contribution in [1.29, 1.82) is 0 Å². The maximum Gasteiger partial charge on any atom is 0.230 e. The van der Waals surface area contributed by atoms with Crippen molar-refractivity contribution < 1.29 is 9.53 Å². The van der Waals surface area contributed by atoms with Crippen molar-refractivity contribution in [2.24, 2.45) is 5.73 Å². The molecule has 1 amide bonds. The summed E-state index contributed by atoms with van der Waals surface area (Å²) in [5.74, 6) is 0.167. The number of hydrogen-bond acceptors (Lipinski definition) is 4. The molecule has 1 atom stereocenters. The van der Waals surface area contributed by atoms with Gasteiger partial charge in [-0.1, -0.05) is 0 Å². The summed E-state index contributed by atoms with van der Waals surface area (Å²) in [5, 5.41) is 0. The molecule has 0 saturated carbocycles. The lowest BCUT2D eigenvalue weighted by Crippen LogP contribution is -2.42. The highest BCUT2D eigenvalue weighted by Gasteiger charge is 2.27. The van der Waals surface area contributed by atoms with E-state index >= 15 is 0 Å². The third-order valence-corrected chi connectivity index (χ3v) is 5.65. The molecule has 126 valence electrons. The van der Waals surface area contributed by atoms with Crippen molar-refractivity contribution in [3.05, 3.63) is 20.8 Å². The van der Waals surface area contributed by atoms with Gasteiger partial charge in [-0.25, -0.2) is 0 Å². The molecule has 1 aromatic heterocycles. The van der Waals surface area contributed by atoms with Crippen LogP contribution in [0.15, 0.2) is 15.9 Å². The fourth-order valence-electron chi connectivity index (χ4n) is 2.53. The lowest BCUT2D eigenvalue weighted by atomic mass is 10.0. The Morgan fingerprint density at radius 2 is 2.18 bits per heavy atom. The molecule has 2 N–H and O–H groups in total. The van der Waals surface area contributed by atoms with E-state index in [0.717, 1.165) is 47.6 Å². The number of amides is 1. The Morgan fingerprint density at radius 1 is 1.50 bits per heavy atom. The van der Waals surface area contributed by atoms with E-state index in [-0.39, 0.29) is 30.3 Å². The van der Waals surface area contributed by atoms with Gasteiger partial charge >= 0.3 is 0 Å². The number of nitrogens with two attached hydrogens (primary N) is 1. The molecule has 1 saturated heterocycles. The van der Waals surface area contributed by atoms with Crippen LogP contribution in [0.25, 0.3) is 0 Å². The number of piperidine rings is 1. The number of rotatable bonds is 6. The van der Waals surface area contributed by atoms with Gasteiger partial charge in [0.25, 0.3) is 0 Å². The molecule has 0 radical (unpaired) electrons. The minimum Gasteiger partial charge on any atom is -0.378 e. The van der Waals surface area contributed by atoms with E-state index in [1.54, 1.807) is 11.3 Å². The van der Waals surface area contributed by atoms with Crippen LogP contribution in [0.5, 0.6) is 0 Å². The number of likely N-dealkylation sites (tertiary alicyclic amines) is 1. The normalized spacial score (nSPS) is 17.1. The quantitative estimate of drug-likeness (QED) is 0.730. The van der Waals surface area contributed by atoms with Gasteiger partial charge in [0.2, 0.25) is 5.91 Å². The second-order valence-corrected chi connectivity index (χ2v) is 7.90. The topological polar surface area (TPSA) is 55.6 Å². The van der Waals surface area contributed by atoms with E-state index in [1.165, 1.54) is 0 Å². The SMILES string of the molecule is CC(C(=O)N1CCC(OCCCN)CC1)c1ccc(Br)s1.Cl. The summed E-state index contributed by atoms with van der Waals surface area (Å²) in [4.78, 5) is 15.6. The summed E-state index contributed by atoms with van der Waals surface area (Å²) in [5.41, 5.74) is 5.46. The van der Waals surface area contributed by atoms with Crippen LogP contribution in [0.4, 0.5) is 0 Å². The molecule has 1 fully saturated rings. The van der Waals surface area contributed by atoms with Gasteiger partial charge < -0.3 is 15.4 Å². The van der Waals surface area contributed by atoms with Crippen molar-refractivity contribution in [1.82, 2.24) is 4.90 Å². The Hall–Kier alpha value is -0.140. The average molecular weight is 412 g/mol. The fraction of sp³-hybridized carbons (Fsp3) is 0.667. The largest absolute Gasteiger partial charge is 0.378 e. The minimum absolute atomic E-state index is 0. The van der Waals surface area contributed by atoms with Gasteiger partial charge in [0.15, 0.2) is 0 Å². The predicted octanol–water partition coefficient (Wildman–Crippen LogP) is 3.39. The summed E-state index contributed by atoms with van der Waals surface area (Å²) in [7, 11) is 0. The van der Waals surface area contributed by atoms with Crippen LogP contribution in [0.2, 0.25) is 0 Å². The Kier molecular flexibility index (Phi) is 8.94. The Balaban J connectivity index is 0.00000242. The van der Waals surface area contributed by atoms with Crippen LogP contribution in [0.1, 0.15) is 37.0 Å². The van der Waals surface area contributed by atoms with E-state index in [0.29, 0.717) is 6.54 Å². The van der Waals surface area contributed by atoms with Gasteiger partial charge in [-0.3, -0.25) is 4.79 Å². The zero-order chi connectivity index (χ0) is 15.2. The number of nitrogens with zero attached hydrogens (tertiary/aromatic N) is 1. The number of thiophene rings is 1. The smallest absolute Gasteiger partial charge is 0.230 e. The summed E-state index contributed by atoms with van der Waals surface area (Å²) < 4.78 is 6.85. The lowest BCUT2D eigenvalue weighted by molar-refractivity contribution is -0.135. The van der Waals surface area contributed by atoms with Crippen molar-refractivity contribution in [3.8, 4) is 0 Å². The first-order valence-electron chi connectivity index (χ1n) is 7.47. The molecule has 1 aliphatic heterocycles. The molecule has 0 bridgehead atoms. The van der Waals surface area contributed by atoms with Crippen LogP contribution in [0, 0.1) is 0 Å². The molecule has 1 unspecified atom stereocenters. The second-order valence-electron chi connectivity index (χ2n) is 5.40. The third kappa shape index (κ3) is 5.49. The minimum atomic E-state index is -0.0593. The standard InChI is InChI=1S/C15H23BrN2O2S.ClH/c1-11(13-3-4-14(16)21-13)15(19)18-8-5-12(6-9-18)20-10-2-7-17;/h3-4,11-12H,2,5-10,17H2,1H3;1H. The molecular weight excluding hydrogens is 388 g/mol. The molecule has 7 heteroatoms. The van der Waals surface area contributed by atoms with Crippen LogP contribution in [-0.2, 0) is 9.53 Å². The fourth-order valence-corrected chi connectivity index (χ4v) is 4.00. The van der Waals surface area contributed by atoms with E-state index in [1.807, 2.05) is 24.0 Å². The summed E-state index contributed by atoms with van der Waals surface area (Å²) in [6.07, 6.45) is 3.05. The van der Waals surface area contributed by atoms with Gasteiger partial charge in [0.1, 0.15) is 0 Å². The molecule has 2 heterocycles. The number of ether oxygens (including phenoxy) is 1. The van der Waals surface area contributed by atoms with Crippen LogP contribution < -0.4 is 5.73 Å². The van der Waals surface area contributed by atoms with Gasteiger partial charge in [-0.15, -0.1) is 23.7 Å². The highest BCUT2D eigenvalue weighted by molar-refractivity contribution is 9.11. The molecule has 0 aromatic carbocycles. The molecule has 0 aliphatic carbocycles. The molecule has 4 nitrogen and oxygen atoms in total. The van der Waals surface area contributed by atoms with Gasteiger partial charge in [0, 0.05) is 24.6 Å². The molecule has 1 aromatic rings. The number of halogens is 2. The average Bonchev–Trinajstić information content (AvgIpc) is 2.93. The molecular formula is C15H24BrClN2O2S. The maximum absolute atomic E-state index is 12.5. The Morgan fingerprint density at radius 3 is 2.73 bits per heavy atom. The maximum atomic E-state index is 12.5. The zero-order valence-corrected chi connectivity index (χ0v) is 16.0. The molecule has 1 aliphatic rings. The van der Waals surface area contributed by atoms with E-state index < -0.39 is 0 Å². The van der Waals surface area contributed by atoms with Crippen LogP contribution in [-0.4, -0.2) is 43.2 Å². The highest BCUT2D eigenvalue weighted by atomic mass is 79.9. The first-order chi connectivity index (χ1) is 10.1. The number of carbonyl (C=O) groups excluding carboxylic acids is 1. The summed E-state index contributed by atoms with van der Waals surface area (Å²) in [6.45, 7) is 4.98. The van der Waals surface area contributed by atoms with Gasteiger partial charge in [-0.2, -0.15) is 0 Å². The van der Waals surface area contributed by atoms with Gasteiger partial charge in [0.05, 0.1) is 15.8 Å². The Labute approximate surface area is 150 Å². The first-order valence-corrected chi connectivity index (χ1v) is 9.08. The second kappa shape index (κ2) is 9.88. The van der Waals surface area contributed by atoms with Crippen molar-refractivity contribution >= 4 is 45.6 Å². The monoisotopic (exact) mass is 410 g/mol. The van der Waals surface area contributed by atoms with Crippen LogP contribution >= 0.6 is 39.7 Å². The predicted molar refractivity (Wildman–Crippen MR) is 96.9 cm³/mol. The summed E-state index contributed by atoms with van der Waals surface area (Å²) >= 11 is 5.09. The molecule has 0 spiro atoms. The first kappa shape index (κ1) is 19.9. The Bertz CT molecular complexity index is 464. The summed E-state index contributed by atoms with van der Waals surface area (Å²) in [6, 6.07) is 4.03. The third-order valence-electron chi connectivity index (χ3n) is 3.85. The molecule has 22 heavy (non-hydrogen) atoms. The zero-order valence-electron chi connectivity index (χ0n) is 12.8. The lowest BCUT2D eigenvalue weighted by Gasteiger charge is -2.33. The number of hydrogen-bond donors (Lipinski definition) is 1. The van der Waals surface area contributed by atoms with Crippen LogP contribution in [0.3, 0.4) is 0 Å². The van der Waals surface area contributed by atoms with Crippen molar-refractivity contribution in [3.63, 3.8) is 0 Å². The van der Waals surface area contributed by atoms with E-state index in [9.17, 15) is 4.79 Å². The van der Waals surface area contributed by atoms with Gasteiger partial charge in [-0.05, 0) is 60.8 Å². The number of carbonyl (C=O) groups is 1. The van der Waals surface area contributed by atoms with E-state index in [4.69, 9.17) is 10.5 Å². The highest BCUT2D eigenvalue weighted by Crippen LogP contribution is 2.30.